The number of anilines is 2. The van der Waals surface area contributed by atoms with E-state index in [-0.39, 0.29) is 11.9 Å². The Bertz CT molecular complexity index is 782. The van der Waals surface area contributed by atoms with Crippen LogP contribution in [0, 0.1) is 0 Å². The number of nitrogens with zero attached hydrogens (tertiary/aromatic N) is 6. The van der Waals surface area contributed by atoms with Crippen molar-refractivity contribution < 1.29 is 4.79 Å². The quantitative estimate of drug-likeness (QED) is 0.864. The highest BCUT2D eigenvalue weighted by Gasteiger charge is 2.28. The van der Waals surface area contributed by atoms with Gasteiger partial charge in [0.25, 0.3) is 0 Å². The average Bonchev–Trinajstić information content (AvgIpc) is 2.98. The van der Waals surface area contributed by atoms with Gasteiger partial charge in [0.05, 0.1) is 11.9 Å². The van der Waals surface area contributed by atoms with Crippen LogP contribution in [0.25, 0.3) is 0 Å². The lowest BCUT2D eigenvalue weighted by Crippen LogP contribution is -2.36. The largest absolute Gasteiger partial charge is 0.355 e. The second-order valence-corrected chi connectivity index (χ2v) is 6.81. The number of carbonyl (C=O) groups is 1. The van der Waals surface area contributed by atoms with Gasteiger partial charge in [0.2, 0.25) is 5.91 Å². The van der Waals surface area contributed by atoms with Crippen LogP contribution in [-0.4, -0.2) is 58.1 Å². The Kier molecular flexibility index (Phi) is 4.64. The van der Waals surface area contributed by atoms with Gasteiger partial charge in [-0.2, -0.15) is 0 Å². The molecule has 1 atom stereocenters. The van der Waals surface area contributed by atoms with E-state index < -0.39 is 0 Å². The number of aromatic nitrogens is 4. The predicted molar refractivity (Wildman–Crippen MR) is 98.1 cm³/mol. The summed E-state index contributed by atoms with van der Waals surface area (Å²) in [6.45, 7) is 5.02. The summed E-state index contributed by atoms with van der Waals surface area (Å²) in [5, 5.41) is 3.01. The summed E-state index contributed by atoms with van der Waals surface area (Å²) in [4.78, 5) is 33.6. The predicted octanol–water partition coefficient (Wildman–Crippen LogP) is 0.587. The summed E-state index contributed by atoms with van der Waals surface area (Å²) in [7, 11) is 0. The van der Waals surface area contributed by atoms with Crippen molar-refractivity contribution in [1.29, 1.82) is 0 Å². The van der Waals surface area contributed by atoms with Gasteiger partial charge in [-0.15, -0.1) is 0 Å². The zero-order valence-electron chi connectivity index (χ0n) is 14.9. The van der Waals surface area contributed by atoms with Crippen LogP contribution in [0.5, 0.6) is 0 Å². The van der Waals surface area contributed by atoms with Crippen molar-refractivity contribution in [3.63, 3.8) is 0 Å². The van der Waals surface area contributed by atoms with E-state index in [2.05, 4.69) is 35.1 Å². The molecule has 0 saturated carbocycles. The molecular formula is C18H23N7O. The molecule has 0 spiro atoms. The Morgan fingerprint density at radius 3 is 2.81 bits per heavy atom. The van der Waals surface area contributed by atoms with Crippen LogP contribution in [0.3, 0.4) is 0 Å². The summed E-state index contributed by atoms with van der Waals surface area (Å²) in [5.41, 5.74) is 2.34. The van der Waals surface area contributed by atoms with Crippen LogP contribution in [0.2, 0.25) is 0 Å². The van der Waals surface area contributed by atoms with E-state index in [1.807, 2.05) is 0 Å². The van der Waals surface area contributed by atoms with Gasteiger partial charge >= 0.3 is 0 Å². The summed E-state index contributed by atoms with van der Waals surface area (Å²) >= 11 is 0. The van der Waals surface area contributed by atoms with Crippen molar-refractivity contribution in [3.8, 4) is 0 Å². The Morgan fingerprint density at radius 2 is 2.00 bits per heavy atom. The molecule has 1 amide bonds. The highest BCUT2D eigenvalue weighted by Crippen LogP contribution is 2.27. The number of hydrogen-bond acceptors (Lipinski definition) is 7. The van der Waals surface area contributed by atoms with Crippen LogP contribution in [0.15, 0.2) is 24.9 Å². The minimum atomic E-state index is 0.0259. The van der Waals surface area contributed by atoms with Crippen molar-refractivity contribution in [2.75, 3.05) is 36.0 Å². The van der Waals surface area contributed by atoms with E-state index in [0.717, 1.165) is 62.8 Å². The van der Waals surface area contributed by atoms with Crippen molar-refractivity contribution in [2.45, 2.75) is 32.2 Å². The standard InChI is InChI=1S/C18H23N7O/c1-13(26)23-14-2-7-25(11-14)18-15-3-8-24(17-10-19-5-6-20-17)9-4-16(15)21-12-22-18/h5-6,10,12,14H,2-4,7-9,11H2,1H3,(H,23,26)/t14-/m0/s1. The van der Waals surface area contributed by atoms with Crippen LogP contribution >= 0.6 is 0 Å². The number of rotatable bonds is 3. The maximum Gasteiger partial charge on any atom is 0.217 e. The Morgan fingerprint density at radius 1 is 1.12 bits per heavy atom. The molecule has 0 aliphatic carbocycles. The van der Waals surface area contributed by atoms with Crippen molar-refractivity contribution in [3.05, 3.63) is 36.2 Å². The number of carbonyl (C=O) groups excluding carboxylic acids is 1. The summed E-state index contributed by atoms with van der Waals surface area (Å²) < 4.78 is 0. The number of hydrogen-bond donors (Lipinski definition) is 1. The van der Waals surface area contributed by atoms with Crippen LogP contribution < -0.4 is 15.1 Å². The number of nitrogens with one attached hydrogen (secondary N) is 1. The molecule has 2 aromatic rings. The first-order valence-electron chi connectivity index (χ1n) is 9.06. The molecule has 0 aromatic carbocycles. The Balaban J connectivity index is 1.52. The Hall–Kier alpha value is -2.77. The first kappa shape index (κ1) is 16.7. The molecular weight excluding hydrogens is 330 g/mol. The third kappa shape index (κ3) is 3.44. The minimum absolute atomic E-state index is 0.0259. The average molecular weight is 353 g/mol. The lowest BCUT2D eigenvalue weighted by atomic mass is 10.1. The van der Waals surface area contributed by atoms with E-state index in [0.29, 0.717) is 0 Å². The molecule has 0 bridgehead atoms. The molecule has 4 rings (SSSR count). The third-order valence-electron chi connectivity index (χ3n) is 5.03. The summed E-state index contributed by atoms with van der Waals surface area (Å²) in [6, 6.07) is 0.194. The van der Waals surface area contributed by atoms with E-state index in [1.165, 1.54) is 5.56 Å². The molecule has 0 unspecified atom stereocenters. The zero-order valence-corrected chi connectivity index (χ0v) is 14.9. The second kappa shape index (κ2) is 7.23. The summed E-state index contributed by atoms with van der Waals surface area (Å²) in [6.07, 6.45) is 9.58. The molecule has 4 heterocycles. The fourth-order valence-corrected chi connectivity index (χ4v) is 3.82. The molecule has 0 radical (unpaired) electrons. The van der Waals surface area contributed by atoms with Gasteiger partial charge in [0.15, 0.2) is 0 Å². The van der Waals surface area contributed by atoms with E-state index in [1.54, 1.807) is 31.8 Å². The van der Waals surface area contributed by atoms with Crippen LogP contribution in [-0.2, 0) is 17.6 Å². The molecule has 1 fully saturated rings. The topological polar surface area (TPSA) is 87.1 Å². The van der Waals surface area contributed by atoms with Crippen molar-refractivity contribution in [2.24, 2.45) is 0 Å². The zero-order chi connectivity index (χ0) is 17.9. The molecule has 8 nitrogen and oxygen atoms in total. The molecule has 8 heteroatoms. The normalized spacial score (nSPS) is 19.8. The number of fused-ring (bicyclic) bond motifs is 1. The van der Waals surface area contributed by atoms with Gasteiger partial charge in [-0.1, -0.05) is 0 Å². The highest BCUT2D eigenvalue weighted by molar-refractivity contribution is 5.73. The van der Waals surface area contributed by atoms with Crippen molar-refractivity contribution in [1.82, 2.24) is 25.3 Å². The van der Waals surface area contributed by atoms with E-state index >= 15 is 0 Å². The van der Waals surface area contributed by atoms with Crippen LogP contribution in [0.4, 0.5) is 11.6 Å². The fourth-order valence-electron chi connectivity index (χ4n) is 3.82. The lowest BCUT2D eigenvalue weighted by Gasteiger charge is -2.22. The van der Waals surface area contributed by atoms with E-state index in [4.69, 9.17) is 0 Å². The third-order valence-corrected chi connectivity index (χ3v) is 5.03. The molecule has 2 aliphatic heterocycles. The first-order chi connectivity index (χ1) is 12.7. The monoisotopic (exact) mass is 353 g/mol. The van der Waals surface area contributed by atoms with E-state index in [9.17, 15) is 4.79 Å². The highest BCUT2D eigenvalue weighted by atomic mass is 16.1. The van der Waals surface area contributed by atoms with Gasteiger partial charge in [-0.25, -0.2) is 15.0 Å². The van der Waals surface area contributed by atoms with Gasteiger partial charge in [-0.05, 0) is 12.8 Å². The SMILES string of the molecule is CC(=O)N[C@H]1CCN(c2ncnc3c2CCN(c2cnccn2)CC3)C1. The smallest absolute Gasteiger partial charge is 0.217 e. The Labute approximate surface area is 152 Å². The minimum Gasteiger partial charge on any atom is -0.355 e. The van der Waals surface area contributed by atoms with Gasteiger partial charge in [-0.3, -0.25) is 9.78 Å². The maximum absolute atomic E-state index is 11.3. The van der Waals surface area contributed by atoms with Crippen LogP contribution in [0.1, 0.15) is 24.6 Å². The molecule has 1 saturated heterocycles. The van der Waals surface area contributed by atoms with Crippen molar-refractivity contribution >= 4 is 17.5 Å². The molecule has 136 valence electrons. The molecule has 26 heavy (non-hydrogen) atoms. The van der Waals surface area contributed by atoms with Gasteiger partial charge in [0.1, 0.15) is 18.0 Å². The first-order valence-corrected chi connectivity index (χ1v) is 9.06. The van der Waals surface area contributed by atoms with Gasteiger partial charge in [0, 0.05) is 63.5 Å². The molecule has 2 aliphatic rings. The maximum atomic E-state index is 11.3. The molecule has 1 N–H and O–H groups in total. The number of amides is 1. The summed E-state index contributed by atoms with van der Waals surface area (Å²) in [5.74, 6) is 1.95. The molecule has 2 aromatic heterocycles. The van der Waals surface area contributed by atoms with Gasteiger partial charge < -0.3 is 15.1 Å². The lowest BCUT2D eigenvalue weighted by molar-refractivity contribution is -0.119. The second-order valence-electron chi connectivity index (χ2n) is 6.81. The fraction of sp³-hybridized carbons (Fsp3) is 0.500.